The van der Waals surface area contributed by atoms with E-state index >= 15 is 0 Å². The Kier molecular flexibility index (Phi) is 3.62. The highest BCUT2D eigenvalue weighted by molar-refractivity contribution is 4.94. The zero-order chi connectivity index (χ0) is 10.6. The average molecular weight is 193 g/mol. The molecule has 3 heteroatoms. The Balaban J connectivity index is 2.58. The van der Waals surface area contributed by atoms with Gasteiger partial charge in [-0.1, -0.05) is 12.8 Å². The predicted molar refractivity (Wildman–Crippen MR) is 56.0 cm³/mol. The monoisotopic (exact) mass is 193 g/mol. The molecule has 3 nitrogen and oxygen atoms in total. The fourth-order valence-electron chi connectivity index (χ4n) is 1.65. The molecule has 1 fully saturated rings. The Bertz CT molecular complexity index is 244. The van der Waals surface area contributed by atoms with Crippen molar-refractivity contribution >= 4 is 0 Å². The molecule has 14 heavy (non-hydrogen) atoms. The van der Waals surface area contributed by atoms with Crippen LogP contribution in [0.2, 0.25) is 0 Å². The maximum atomic E-state index is 8.94. The Morgan fingerprint density at radius 1 is 1.21 bits per heavy atom. The lowest BCUT2D eigenvalue weighted by molar-refractivity contribution is 0.348. The molecule has 0 amide bonds. The van der Waals surface area contributed by atoms with E-state index in [2.05, 4.69) is 16.3 Å². The minimum atomic E-state index is -0.114. The van der Waals surface area contributed by atoms with E-state index in [0.717, 1.165) is 12.8 Å². The van der Waals surface area contributed by atoms with E-state index < -0.39 is 0 Å². The Morgan fingerprint density at radius 3 is 2.43 bits per heavy atom. The summed E-state index contributed by atoms with van der Waals surface area (Å²) in [5.74, 6) is 0.0925. The lowest BCUT2D eigenvalue weighted by Gasteiger charge is -2.23. The lowest BCUT2D eigenvalue weighted by Crippen LogP contribution is -2.22. The van der Waals surface area contributed by atoms with E-state index in [9.17, 15) is 0 Å². The van der Waals surface area contributed by atoms with E-state index in [1.807, 2.05) is 20.8 Å². The first-order valence-corrected chi connectivity index (χ1v) is 5.34. The zero-order valence-electron chi connectivity index (χ0n) is 9.32. The quantitative estimate of drug-likeness (QED) is 0.589. The normalized spacial score (nSPS) is 29.0. The summed E-state index contributed by atoms with van der Waals surface area (Å²) in [5, 5.41) is 17.5. The summed E-state index contributed by atoms with van der Waals surface area (Å²) in [6, 6.07) is 2.48. The number of azo groups is 1. The molecule has 0 aliphatic heterocycles. The van der Waals surface area contributed by atoms with Gasteiger partial charge in [0, 0.05) is 0 Å². The zero-order valence-corrected chi connectivity index (χ0v) is 9.32. The smallest absolute Gasteiger partial charge is 0.0866 e. The van der Waals surface area contributed by atoms with Gasteiger partial charge in [0.1, 0.15) is 0 Å². The van der Waals surface area contributed by atoms with Gasteiger partial charge in [-0.3, -0.25) is 0 Å². The van der Waals surface area contributed by atoms with Crippen LogP contribution in [-0.2, 0) is 0 Å². The molecular weight excluding hydrogens is 174 g/mol. The summed E-state index contributed by atoms with van der Waals surface area (Å²) in [5.41, 5.74) is -0.114. The number of nitrogens with zero attached hydrogens (tertiary/aromatic N) is 3. The minimum absolute atomic E-state index is 0.0925. The highest BCUT2D eigenvalue weighted by atomic mass is 15.2. The van der Waals surface area contributed by atoms with E-state index in [4.69, 9.17) is 5.26 Å². The van der Waals surface area contributed by atoms with Crippen molar-refractivity contribution in [3.8, 4) is 6.07 Å². The van der Waals surface area contributed by atoms with Crippen molar-refractivity contribution in [3.05, 3.63) is 0 Å². The summed E-state index contributed by atoms with van der Waals surface area (Å²) < 4.78 is 0. The van der Waals surface area contributed by atoms with Gasteiger partial charge in [0.2, 0.25) is 0 Å². The second kappa shape index (κ2) is 4.54. The van der Waals surface area contributed by atoms with Crippen LogP contribution in [0.5, 0.6) is 0 Å². The molecular formula is C11H19N3. The van der Waals surface area contributed by atoms with Gasteiger partial charge in [0.05, 0.1) is 23.6 Å². The molecule has 2 atom stereocenters. The molecule has 0 N–H and O–H groups in total. The van der Waals surface area contributed by atoms with Crippen LogP contribution in [0.25, 0.3) is 0 Å². The Morgan fingerprint density at radius 2 is 1.86 bits per heavy atom. The average Bonchev–Trinajstić information content (AvgIpc) is 2.14. The topological polar surface area (TPSA) is 48.5 Å². The summed E-state index contributed by atoms with van der Waals surface area (Å²) in [4.78, 5) is 0. The Labute approximate surface area is 86.2 Å². The number of nitriles is 1. The van der Waals surface area contributed by atoms with Gasteiger partial charge in [-0.15, -0.1) is 0 Å². The van der Waals surface area contributed by atoms with E-state index in [-0.39, 0.29) is 17.5 Å². The second-order valence-electron chi connectivity index (χ2n) is 4.97. The van der Waals surface area contributed by atoms with Crippen molar-refractivity contribution in [2.24, 2.45) is 16.1 Å². The molecule has 0 saturated heterocycles. The molecule has 0 aromatic carbocycles. The first kappa shape index (κ1) is 11.2. The molecule has 1 saturated carbocycles. The van der Waals surface area contributed by atoms with Gasteiger partial charge >= 0.3 is 0 Å². The molecule has 1 aliphatic rings. The summed E-state index contributed by atoms with van der Waals surface area (Å²) in [6.07, 6.45) is 4.37. The summed E-state index contributed by atoms with van der Waals surface area (Å²) in [6.45, 7) is 6.09. The van der Waals surface area contributed by atoms with Crippen LogP contribution in [0.4, 0.5) is 0 Å². The van der Waals surface area contributed by atoms with Crippen molar-refractivity contribution in [3.63, 3.8) is 0 Å². The fourth-order valence-corrected chi connectivity index (χ4v) is 1.65. The molecule has 0 heterocycles. The molecule has 1 aliphatic carbocycles. The largest absolute Gasteiger partial charge is 0.198 e. The van der Waals surface area contributed by atoms with Gasteiger partial charge in [0.15, 0.2) is 0 Å². The number of hydrogen-bond donors (Lipinski definition) is 0. The van der Waals surface area contributed by atoms with E-state index in [1.54, 1.807) is 0 Å². The SMILES string of the molecule is CC(C)(C)N=NC1CCCCC1C#N. The Hall–Kier alpha value is -0.910. The molecule has 1 rings (SSSR count). The van der Waals surface area contributed by atoms with E-state index in [1.165, 1.54) is 12.8 Å². The third kappa shape index (κ3) is 3.45. The molecule has 0 aromatic heterocycles. The van der Waals surface area contributed by atoms with Gasteiger partial charge in [-0.05, 0) is 33.6 Å². The third-order valence-corrected chi connectivity index (χ3v) is 2.40. The standard InChI is InChI=1S/C11H19N3/c1-11(2,3)14-13-10-7-5-4-6-9(10)8-12/h9-10H,4-7H2,1-3H3. The van der Waals surface area contributed by atoms with Crippen LogP contribution in [0.15, 0.2) is 10.2 Å². The van der Waals surface area contributed by atoms with Crippen LogP contribution in [0, 0.1) is 17.2 Å². The molecule has 0 bridgehead atoms. The number of rotatable bonds is 1. The molecule has 0 radical (unpaired) electrons. The van der Waals surface area contributed by atoms with Crippen LogP contribution in [-0.4, -0.2) is 11.6 Å². The molecule has 78 valence electrons. The van der Waals surface area contributed by atoms with Crippen LogP contribution in [0.1, 0.15) is 46.5 Å². The molecule has 0 spiro atoms. The van der Waals surface area contributed by atoms with Crippen molar-refractivity contribution < 1.29 is 0 Å². The number of hydrogen-bond acceptors (Lipinski definition) is 3. The highest BCUT2D eigenvalue weighted by Crippen LogP contribution is 2.27. The molecule has 0 aromatic rings. The summed E-state index contributed by atoms with van der Waals surface area (Å²) in [7, 11) is 0. The van der Waals surface area contributed by atoms with E-state index in [0.29, 0.717) is 0 Å². The van der Waals surface area contributed by atoms with Crippen LogP contribution >= 0.6 is 0 Å². The highest BCUT2D eigenvalue weighted by Gasteiger charge is 2.25. The lowest BCUT2D eigenvalue weighted by atomic mass is 9.86. The van der Waals surface area contributed by atoms with Crippen molar-refractivity contribution in [2.45, 2.75) is 58.0 Å². The van der Waals surface area contributed by atoms with Crippen LogP contribution < -0.4 is 0 Å². The maximum Gasteiger partial charge on any atom is 0.0866 e. The van der Waals surface area contributed by atoms with Gasteiger partial charge < -0.3 is 0 Å². The first-order valence-electron chi connectivity index (χ1n) is 5.34. The van der Waals surface area contributed by atoms with Crippen LogP contribution in [0.3, 0.4) is 0 Å². The van der Waals surface area contributed by atoms with Crippen molar-refractivity contribution in [1.29, 1.82) is 5.26 Å². The van der Waals surface area contributed by atoms with Crippen molar-refractivity contribution in [2.75, 3.05) is 0 Å². The van der Waals surface area contributed by atoms with Gasteiger partial charge in [-0.25, -0.2) is 0 Å². The fraction of sp³-hybridized carbons (Fsp3) is 0.909. The second-order valence-corrected chi connectivity index (χ2v) is 4.97. The minimum Gasteiger partial charge on any atom is -0.198 e. The van der Waals surface area contributed by atoms with Gasteiger partial charge in [-0.2, -0.15) is 15.5 Å². The maximum absolute atomic E-state index is 8.94. The first-order chi connectivity index (χ1) is 6.53. The van der Waals surface area contributed by atoms with Gasteiger partial charge in [0.25, 0.3) is 0 Å². The summed E-state index contributed by atoms with van der Waals surface area (Å²) >= 11 is 0. The van der Waals surface area contributed by atoms with Crippen molar-refractivity contribution in [1.82, 2.24) is 0 Å². The predicted octanol–water partition coefficient (Wildman–Crippen LogP) is 3.32. The molecule has 2 unspecified atom stereocenters. The third-order valence-electron chi connectivity index (χ3n) is 2.40.